The van der Waals surface area contributed by atoms with Crippen molar-refractivity contribution in [3.63, 3.8) is 0 Å². The Morgan fingerprint density at radius 2 is 1.61 bits per heavy atom. The SMILES string of the molecule is O=C(NCc1ccc(F)cc1)c1nc(CCS(=O)(=O)c2ccc(F)cc2)no1. The molecular formula is C18H15F2N3O4S. The van der Waals surface area contributed by atoms with Crippen LogP contribution in [0, 0.1) is 11.6 Å². The Balaban J connectivity index is 1.56. The number of nitrogens with zero attached hydrogens (tertiary/aromatic N) is 2. The lowest BCUT2D eigenvalue weighted by molar-refractivity contribution is 0.0907. The minimum absolute atomic E-state index is 0.0188. The highest BCUT2D eigenvalue weighted by atomic mass is 32.2. The first-order valence-corrected chi connectivity index (χ1v) is 9.82. The minimum atomic E-state index is -3.66. The molecule has 0 bridgehead atoms. The van der Waals surface area contributed by atoms with Gasteiger partial charge in [0.2, 0.25) is 0 Å². The van der Waals surface area contributed by atoms with Crippen molar-refractivity contribution in [2.24, 2.45) is 0 Å². The van der Waals surface area contributed by atoms with E-state index in [1.807, 2.05) is 0 Å². The van der Waals surface area contributed by atoms with Crippen molar-refractivity contribution in [3.05, 3.63) is 77.4 Å². The molecule has 3 aromatic rings. The maximum Gasteiger partial charge on any atom is 0.315 e. The number of hydrogen-bond donors (Lipinski definition) is 1. The number of rotatable bonds is 7. The first-order valence-electron chi connectivity index (χ1n) is 8.17. The van der Waals surface area contributed by atoms with Crippen molar-refractivity contribution >= 4 is 15.7 Å². The van der Waals surface area contributed by atoms with Crippen LogP contribution in [0.3, 0.4) is 0 Å². The maximum atomic E-state index is 12.9. The Bertz CT molecular complexity index is 1060. The topological polar surface area (TPSA) is 102 Å². The van der Waals surface area contributed by atoms with Gasteiger partial charge in [-0.1, -0.05) is 17.3 Å². The lowest BCUT2D eigenvalue weighted by Gasteiger charge is -2.02. The van der Waals surface area contributed by atoms with Gasteiger partial charge in [-0.2, -0.15) is 4.98 Å². The fourth-order valence-electron chi connectivity index (χ4n) is 2.29. The molecule has 0 saturated carbocycles. The molecule has 0 saturated heterocycles. The highest BCUT2D eigenvalue weighted by Gasteiger charge is 2.19. The fourth-order valence-corrected chi connectivity index (χ4v) is 3.53. The molecule has 10 heteroatoms. The van der Waals surface area contributed by atoms with Gasteiger partial charge in [0.05, 0.1) is 10.6 Å². The van der Waals surface area contributed by atoms with Gasteiger partial charge in [-0.3, -0.25) is 4.79 Å². The molecule has 2 aromatic carbocycles. The van der Waals surface area contributed by atoms with Crippen molar-refractivity contribution in [1.29, 1.82) is 0 Å². The van der Waals surface area contributed by atoms with E-state index in [0.717, 1.165) is 12.1 Å². The zero-order valence-electron chi connectivity index (χ0n) is 14.4. The molecule has 1 N–H and O–H groups in total. The Kier molecular flexibility index (Phi) is 5.78. The van der Waals surface area contributed by atoms with Gasteiger partial charge in [-0.15, -0.1) is 0 Å². The predicted octanol–water partition coefficient (Wildman–Crippen LogP) is 2.29. The Hall–Kier alpha value is -3.14. The van der Waals surface area contributed by atoms with Crippen LogP contribution >= 0.6 is 0 Å². The highest BCUT2D eigenvalue weighted by molar-refractivity contribution is 7.91. The Morgan fingerprint density at radius 3 is 2.25 bits per heavy atom. The number of nitrogens with one attached hydrogen (secondary N) is 1. The molecule has 0 aliphatic heterocycles. The zero-order chi connectivity index (χ0) is 20.1. The smallest absolute Gasteiger partial charge is 0.315 e. The molecule has 3 rings (SSSR count). The summed E-state index contributed by atoms with van der Waals surface area (Å²) in [5.41, 5.74) is 0.680. The summed E-state index contributed by atoms with van der Waals surface area (Å²) in [7, 11) is -3.66. The van der Waals surface area contributed by atoms with Crippen LogP contribution in [-0.4, -0.2) is 30.2 Å². The molecule has 0 aliphatic rings. The zero-order valence-corrected chi connectivity index (χ0v) is 15.2. The second kappa shape index (κ2) is 8.26. The number of amides is 1. The summed E-state index contributed by atoms with van der Waals surface area (Å²) in [5, 5.41) is 6.13. The number of aromatic nitrogens is 2. The third-order valence-electron chi connectivity index (χ3n) is 3.80. The van der Waals surface area contributed by atoms with E-state index in [1.165, 1.54) is 36.4 Å². The second-order valence-electron chi connectivity index (χ2n) is 5.85. The van der Waals surface area contributed by atoms with Crippen molar-refractivity contribution in [2.45, 2.75) is 17.9 Å². The number of aryl methyl sites for hydroxylation is 1. The summed E-state index contributed by atoms with van der Waals surface area (Å²) in [6.07, 6.45) is -0.0749. The monoisotopic (exact) mass is 407 g/mol. The third-order valence-corrected chi connectivity index (χ3v) is 5.53. The Morgan fingerprint density at radius 1 is 1.00 bits per heavy atom. The molecule has 0 aliphatic carbocycles. The van der Waals surface area contributed by atoms with Crippen LogP contribution in [0.4, 0.5) is 8.78 Å². The van der Waals surface area contributed by atoms with E-state index in [2.05, 4.69) is 15.5 Å². The van der Waals surface area contributed by atoms with Gasteiger partial charge >= 0.3 is 11.8 Å². The first kappa shape index (κ1) is 19.6. The molecule has 146 valence electrons. The van der Waals surface area contributed by atoms with E-state index in [0.29, 0.717) is 5.56 Å². The lowest BCUT2D eigenvalue weighted by Crippen LogP contribution is -2.23. The van der Waals surface area contributed by atoms with Crippen molar-refractivity contribution in [1.82, 2.24) is 15.5 Å². The normalized spacial score (nSPS) is 11.4. The van der Waals surface area contributed by atoms with Crippen LogP contribution < -0.4 is 5.32 Å². The van der Waals surface area contributed by atoms with Crippen LogP contribution in [0.5, 0.6) is 0 Å². The van der Waals surface area contributed by atoms with Crippen molar-refractivity contribution < 1.29 is 26.5 Å². The summed E-state index contributed by atoms with van der Waals surface area (Å²) in [5.74, 6) is -2.13. The summed E-state index contributed by atoms with van der Waals surface area (Å²) in [4.78, 5) is 15.9. The number of carbonyl (C=O) groups is 1. The lowest BCUT2D eigenvalue weighted by atomic mass is 10.2. The van der Waals surface area contributed by atoms with Gasteiger partial charge in [0.25, 0.3) is 0 Å². The van der Waals surface area contributed by atoms with Crippen LogP contribution in [-0.2, 0) is 22.8 Å². The molecule has 0 fully saturated rings. The quantitative estimate of drug-likeness (QED) is 0.603. The van der Waals surface area contributed by atoms with Crippen molar-refractivity contribution in [3.8, 4) is 0 Å². The van der Waals surface area contributed by atoms with Crippen LogP contribution in [0.1, 0.15) is 22.1 Å². The van der Waals surface area contributed by atoms with E-state index in [1.54, 1.807) is 0 Å². The molecule has 1 heterocycles. The van der Waals surface area contributed by atoms with Crippen LogP contribution in [0.2, 0.25) is 0 Å². The molecule has 0 radical (unpaired) electrons. The molecule has 7 nitrogen and oxygen atoms in total. The largest absolute Gasteiger partial charge is 0.344 e. The van der Waals surface area contributed by atoms with Gasteiger partial charge in [0.1, 0.15) is 11.6 Å². The third kappa shape index (κ3) is 4.97. The molecular weight excluding hydrogens is 392 g/mol. The van der Waals surface area contributed by atoms with E-state index in [-0.39, 0.29) is 41.1 Å². The maximum absolute atomic E-state index is 12.9. The number of sulfone groups is 1. The standard InChI is InChI=1S/C18H15F2N3O4S/c19-13-3-1-12(2-4-13)11-21-17(24)18-22-16(23-27-18)9-10-28(25,26)15-7-5-14(20)6-8-15/h1-8H,9-11H2,(H,21,24). The number of benzene rings is 2. The molecule has 0 unspecified atom stereocenters. The van der Waals surface area contributed by atoms with Crippen LogP contribution in [0.25, 0.3) is 0 Å². The fraction of sp³-hybridized carbons (Fsp3) is 0.167. The number of hydrogen-bond acceptors (Lipinski definition) is 6. The van der Waals surface area contributed by atoms with Gasteiger partial charge in [0.15, 0.2) is 15.7 Å². The average Bonchev–Trinajstić information content (AvgIpc) is 3.15. The molecule has 1 amide bonds. The minimum Gasteiger partial charge on any atom is -0.344 e. The van der Waals surface area contributed by atoms with Gasteiger partial charge in [-0.25, -0.2) is 17.2 Å². The van der Waals surface area contributed by atoms with Crippen LogP contribution in [0.15, 0.2) is 57.9 Å². The molecule has 1 aromatic heterocycles. The van der Waals surface area contributed by atoms with Gasteiger partial charge < -0.3 is 9.84 Å². The van der Waals surface area contributed by atoms with Gasteiger partial charge in [-0.05, 0) is 42.0 Å². The van der Waals surface area contributed by atoms with E-state index < -0.39 is 21.6 Å². The number of halogens is 2. The van der Waals surface area contributed by atoms with Gasteiger partial charge in [0, 0.05) is 13.0 Å². The number of carbonyl (C=O) groups excluding carboxylic acids is 1. The molecule has 28 heavy (non-hydrogen) atoms. The predicted molar refractivity (Wildman–Crippen MR) is 94.0 cm³/mol. The average molecular weight is 407 g/mol. The van der Waals surface area contributed by atoms with Crippen molar-refractivity contribution in [2.75, 3.05) is 5.75 Å². The van der Waals surface area contributed by atoms with E-state index in [9.17, 15) is 22.0 Å². The summed E-state index contributed by atoms with van der Waals surface area (Å²) >= 11 is 0. The second-order valence-corrected chi connectivity index (χ2v) is 7.96. The summed E-state index contributed by atoms with van der Waals surface area (Å²) < 4.78 is 55.1. The highest BCUT2D eigenvalue weighted by Crippen LogP contribution is 2.13. The molecule has 0 atom stereocenters. The Labute approximate surface area is 159 Å². The summed E-state index contributed by atoms with van der Waals surface area (Å²) in [6, 6.07) is 10.1. The summed E-state index contributed by atoms with van der Waals surface area (Å²) in [6.45, 7) is 0.135. The first-order chi connectivity index (χ1) is 13.3. The molecule has 0 spiro atoms. The van der Waals surface area contributed by atoms with E-state index in [4.69, 9.17) is 4.52 Å². The van der Waals surface area contributed by atoms with E-state index >= 15 is 0 Å².